The highest BCUT2D eigenvalue weighted by Crippen LogP contribution is 2.28. The second kappa shape index (κ2) is 4.22. The number of aromatic hydroxyl groups is 1. The summed E-state index contributed by atoms with van der Waals surface area (Å²) in [4.78, 5) is 0.373. The van der Waals surface area contributed by atoms with Gasteiger partial charge >= 0.3 is 0 Å². The van der Waals surface area contributed by atoms with Gasteiger partial charge in [-0.05, 0) is 31.2 Å². The Kier molecular flexibility index (Phi) is 2.90. The molecule has 0 heterocycles. The first-order valence-corrected chi connectivity index (χ1v) is 6.60. The highest BCUT2D eigenvalue weighted by molar-refractivity contribution is 7.91. The summed E-state index contributed by atoms with van der Waals surface area (Å²) in [6.45, 7) is 1.59. The minimum absolute atomic E-state index is 0.0120. The van der Waals surface area contributed by atoms with Gasteiger partial charge in [0, 0.05) is 5.56 Å². The summed E-state index contributed by atoms with van der Waals surface area (Å²) in [6.07, 6.45) is 0. The van der Waals surface area contributed by atoms with E-state index in [2.05, 4.69) is 0 Å². The molecule has 0 aliphatic rings. The van der Waals surface area contributed by atoms with E-state index in [1.165, 1.54) is 18.2 Å². The van der Waals surface area contributed by atoms with Crippen molar-refractivity contribution >= 4 is 9.84 Å². The normalized spacial score (nSPS) is 11.4. The zero-order chi connectivity index (χ0) is 12.5. The van der Waals surface area contributed by atoms with Crippen molar-refractivity contribution in [3.8, 4) is 5.75 Å². The Morgan fingerprint density at radius 2 is 1.59 bits per heavy atom. The Balaban J connectivity index is 2.65. The van der Waals surface area contributed by atoms with Gasteiger partial charge in [-0.15, -0.1) is 0 Å². The summed E-state index contributed by atoms with van der Waals surface area (Å²) in [7, 11) is -3.55. The second-order valence-corrected chi connectivity index (χ2v) is 5.63. The van der Waals surface area contributed by atoms with Crippen LogP contribution in [-0.4, -0.2) is 13.5 Å². The molecule has 0 radical (unpaired) electrons. The van der Waals surface area contributed by atoms with Gasteiger partial charge in [0.05, 0.1) is 9.79 Å². The monoisotopic (exact) mass is 248 g/mol. The molecule has 0 saturated carbocycles. The van der Waals surface area contributed by atoms with Crippen molar-refractivity contribution in [2.45, 2.75) is 16.7 Å². The van der Waals surface area contributed by atoms with Gasteiger partial charge in [0.25, 0.3) is 0 Å². The van der Waals surface area contributed by atoms with E-state index in [9.17, 15) is 13.5 Å². The number of phenols is 1. The molecule has 0 aromatic heterocycles. The molecule has 17 heavy (non-hydrogen) atoms. The quantitative estimate of drug-likeness (QED) is 0.888. The number of hydrogen-bond donors (Lipinski definition) is 1. The van der Waals surface area contributed by atoms with E-state index in [4.69, 9.17) is 0 Å². The fourth-order valence-corrected chi connectivity index (χ4v) is 3.16. The lowest BCUT2D eigenvalue weighted by Crippen LogP contribution is -2.03. The minimum Gasteiger partial charge on any atom is -0.508 e. The largest absolute Gasteiger partial charge is 0.508 e. The molecule has 0 bridgehead atoms. The fraction of sp³-hybridized carbons (Fsp3) is 0.0769. The molecule has 88 valence electrons. The molecular formula is C13H12O3S. The molecule has 3 nitrogen and oxygen atoms in total. The fourth-order valence-electron chi connectivity index (χ4n) is 1.62. The van der Waals surface area contributed by atoms with Gasteiger partial charge in [0.2, 0.25) is 9.84 Å². The Morgan fingerprint density at radius 1 is 0.941 bits per heavy atom. The van der Waals surface area contributed by atoms with Crippen molar-refractivity contribution in [2.75, 3.05) is 0 Å². The molecule has 0 aliphatic heterocycles. The predicted octanol–water partition coefficient (Wildman–Crippen LogP) is 2.53. The summed E-state index contributed by atoms with van der Waals surface area (Å²) < 4.78 is 24.6. The van der Waals surface area contributed by atoms with E-state index in [-0.39, 0.29) is 15.5 Å². The van der Waals surface area contributed by atoms with Crippen molar-refractivity contribution in [3.63, 3.8) is 0 Å². The molecule has 2 rings (SSSR count). The van der Waals surface area contributed by atoms with Gasteiger partial charge in [-0.2, -0.15) is 0 Å². The van der Waals surface area contributed by atoms with Crippen LogP contribution in [0.4, 0.5) is 0 Å². The Morgan fingerprint density at radius 3 is 2.24 bits per heavy atom. The van der Waals surface area contributed by atoms with Crippen molar-refractivity contribution in [2.24, 2.45) is 0 Å². The molecule has 0 unspecified atom stereocenters. The molecule has 2 aromatic carbocycles. The van der Waals surface area contributed by atoms with Crippen molar-refractivity contribution < 1.29 is 13.5 Å². The minimum atomic E-state index is -3.55. The second-order valence-electron chi connectivity index (χ2n) is 3.72. The van der Waals surface area contributed by atoms with E-state index in [1.54, 1.807) is 37.3 Å². The van der Waals surface area contributed by atoms with Gasteiger partial charge in [-0.3, -0.25) is 0 Å². The summed E-state index contributed by atoms with van der Waals surface area (Å²) >= 11 is 0. The van der Waals surface area contributed by atoms with E-state index < -0.39 is 9.84 Å². The lowest BCUT2D eigenvalue weighted by atomic mass is 10.2. The average Bonchev–Trinajstić information content (AvgIpc) is 2.33. The van der Waals surface area contributed by atoms with Crippen molar-refractivity contribution in [3.05, 3.63) is 54.1 Å². The summed E-state index contributed by atoms with van der Waals surface area (Å²) in [5, 5.41) is 9.55. The van der Waals surface area contributed by atoms with Crippen LogP contribution in [0.2, 0.25) is 0 Å². The molecule has 0 fully saturated rings. The van der Waals surface area contributed by atoms with Crippen LogP contribution in [0.1, 0.15) is 5.56 Å². The lowest BCUT2D eigenvalue weighted by Gasteiger charge is -2.08. The molecule has 1 N–H and O–H groups in total. The summed E-state index contributed by atoms with van der Waals surface area (Å²) in [5.41, 5.74) is 0.372. The van der Waals surface area contributed by atoms with Gasteiger partial charge in [-0.1, -0.05) is 24.3 Å². The smallest absolute Gasteiger partial charge is 0.206 e. The number of hydrogen-bond acceptors (Lipinski definition) is 3. The van der Waals surface area contributed by atoms with E-state index >= 15 is 0 Å². The molecule has 0 spiro atoms. The summed E-state index contributed by atoms with van der Waals surface area (Å²) in [6, 6.07) is 12.7. The Bertz CT molecular complexity index is 631. The van der Waals surface area contributed by atoms with Crippen LogP contribution in [0.3, 0.4) is 0 Å². The third-order valence-electron chi connectivity index (χ3n) is 2.60. The third kappa shape index (κ3) is 2.03. The first-order chi connectivity index (χ1) is 8.03. The first kappa shape index (κ1) is 11.7. The van der Waals surface area contributed by atoms with Crippen LogP contribution < -0.4 is 0 Å². The summed E-state index contributed by atoms with van der Waals surface area (Å²) in [5.74, 6) is -0.0120. The van der Waals surface area contributed by atoms with Crippen LogP contribution in [-0.2, 0) is 9.84 Å². The highest BCUT2D eigenvalue weighted by Gasteiger charge is 2.20. The number of rotatable bonds is 2. The van der Waals surface area contributed by atoms with Crippen LogP contribution in [0.5, 0.6) is 5.75 Å². The zero-order valence-corrected chi connectivity index (χ0v) is 10.1. The third-order valence-corrected chi connectivity index (χ3v) is 4.51. The lowest BCUT2D eigenvalue weighted by molar-refractivity contribution is 0.468. The molecule has 0 atom stereocenters. The maximum atomic E-state index is 12.3. The SMILES string of the molecule is Cc1c(O)cccc1S(=O)(=O)c1ccccc1. The maximum Gasteiger partial charge on any atom is 0.206 e. The predicted molar refractivity (Wildman–Crippen MR) is 64.7 cm³/mol. The van der Waals surface area contributed by atoms with Crippen LogP contribution in [0.15, 0.2) is 58.3 Å². The average molecular weight is 248 g/mol. The molecule has 2 aromatic rings. The Labute approximate surface area is 100 Å². The molecular weight excluding hydrogens is 236 g/mol. The van der Waals surface area contributed by atoms with Gasteiger partial charge in [0.1, 0.15) is 5.75 Å². The molecule has 0 amide bonds. The van der Waals surface area contributed by atoms with Gasteiger partial charge in [-0.25, -0.2) is 8.42 Å². The van der Waals surface area contributed by atoms with Crippen molar-refractivity contribution in [1.29, 1.82) is 0 Å². The maximum absolute atomic E-state index is 12.3. The number of sulfone groups is 1. The zero-order valence-electron chi connectivity index (χ0n) is 9.29. The molecule has 0 aliphatic carbocycles. The highest BCUT2D eigenvalue weighted by atomic mass is 32.2. The topological polar surface area (TPSA) is 54.4 Å². The Hall–Kier alpha value is -1.81. The van der Waals surface area contributed by atoms with Gasteiger partial charge < -0.3 is 5.11 Å². The number of phenolic OH excluding ortho intramolecular Hbond substituents is 1. The molecule has 0 saturated heterocycles. The number of benzene rings is 2. The first-order valence-electron chi connectivity index (χ1n) is 5.12. The standard InChI is InChI=1S/C13H12O3S/c1-10-12(14)8-5-9-13(10)17(15,16)11-6-3-2-4-7-11/h2-9,14H,1H3. The van der Waals surface area contributed by atoms with E-state index in [0.717, 1.165) is 0 Å². The molecule has 4 heteroatoms. The van der Waals surface area contributed by atoms with Crippen LogP contribution >= 0.6 is 0 Å². The van der Waals surface area contributed by atoms with Crippen LogP contribution in [0.25, 0.3) is 0 Å². The van der Waals surface area contributed by atoms with Crippen molar-refractivity contribution in [1.82, 2.24) is 0 Å². The van der Waals surface area contributed by atoms with E-state index in [0.29, 0.717) is 5.56 Å². The van der Waals surface area contributed by atoms with E-state index in [1.807, 2.05) is 0 Å². The van der Waals surface area contributed by atoms with Crippen LogP contribution in [0, 0.1) is 6.92 Å². The van der Waals surface area contributed by atoms with Gasteiger partial charge in [0.15, 0.2) is 0 Å².